The summed E-state index contributed by atoms with van der Waals surface area (Å²) in [5.74, 6) is 1.52. The maximum atomic E-state index is 6.64. The minimum atomic E-state index is 0.247. The van der Waals surface area contributed by atoms with E-state index in [-0.39, 0.29) is 5.38 Å². The van der Waals surface area contributed by atoms with Crippen LogP contribution in [0.1, 0.15) is 62.5 Å². The zero-order valence-electron chi connectivity index (χ0n) is 11.7. The first-order valence-corrected chi connectivity index (χ1v) is 7.91. The molecular formula is C17H25Cl. The first-order chi connectivity index (χ1) is 8.76. The van der Waals surface area contributed by atoms with Crippen molar-refractivity contribution in [2.75, 3.05) is 0 Å². The van der Waals surface area contributed by atoms with Gasteiger partial charge in [0.15, 0.2) is 0 Å². The standard InChI is InChI=1S/C17H25Cl/c1-3-5-8-13(4-2)11-15-12-14-9-6-7-10-16(14)17(15)18/h6-7,9-10,13,15,17H,3-5,8,11-12H2,1-2H3. The molecule has 1 aliphatic rings. The van der Waals surface area contributed by atoms with Gasteiger partial charge in [-0.3, -0.25) is 0 Å². The van der Waals surface area contributed by atoms with Gasteiger partial charge in [0.1, 0.15) is 0 Å². The van der Waals surface area contributed by atoms with Gasteiger partial charge < -0.3 is 0 Å². The van der Waals surface area contributed by atoms with Crippen LogP contribution < -0.4 is 0 Å². The van der Waals surface area contributed by atoms with Crippen LogP contribution in [-0.2, 0) is 6.42 Å². The molecule has 1 aromatic carbocycles. The second kappa shape index (κ2) is 6.61. The SMILES string of the molecule is CCCCC(CC)CC1Cc2ccccc2C1Cl. The first kappa shape index (κ1) is 13.9. The van der Waals surface area contributed by atoms with Gasteiger partial charge >= 0.3 is 0 Å². The fourth-order valence-corrected chi connectivity index (χ4v) is 3.65. The van der Waals surface area contributed by atoms with Crippen molar-refractivity contribution in [3.05, 3.63) is 35.4 Å². The maximum absolute atomic E-state index is 6.64. The van der Waals surface area contributed by atoms with Crippen molar-refractivity contribution in [3.8, 4) is 0 Å². The number of fused-ring (bicyclic) bond motifs is 1. The molecule has 0 radical (unpaired) electrons. The molecule has 3 atom stereocenters. The summed E-state index contributed by atoms with van der Waals surface area (Å²) in [4.78, 5) is 0. The van der Waals surface area contributed by atoms with E-state index in [1.54, 1.807) is 0 Å². The van der Waals surface area contributed by atoms with E-state index in [0.717, 1.165) is 5.92 Å². The minimum absolute atomic E-state index is 0.247. The molecule has 1 aliphatic carbocycles. The van der Waals surface area contributed by atoms with E-state index in [4.69, 9.17) is 11.6 Å². The lowest BCUT2D eigenvalue weighted by Gasteiger charge is -2.21. The second-order valence-electron chi connectivity index (χ2n) is 5.72. The fraction of sp³-hybridized carbons (Fsp3) is 0.647. The van der Waals surface area contributed by atoms with E-state index in [0.29, 0.717) is 5.92 Å². The van der Waals surface area contributed by atoms with Crippen LogP contribution in [-0.4, -0.2) is 0 Å². The van der Waals surface area contributed by atoms with Crippen molar-refractivity contribution in [1.82, 2.24) is 0 Å². The van der Waals surface area contributed by atoms with E-state index in [2.05, 4.69) is 38.1 Å². The molecule has 0 N–H and O–H groups in total. The van der Waals surface area contributed by atoms with Crippen LogP contribution in [0.25, 0.3) is 0 Å². The lowest BCUT2D eigenvalue weighted by Crippen LogP contribution is -2.10. The van der Waals surface area contributed by atoms with Crippen LogP contribution in [0.3, 0.4) is 0 Å². The molecule has 1 heteroatoms. The molecule has 0 aliphatic heterocycles. The Kier molecular flexibility index (Phi) is 5.12. The van der Waals surface area contributed by atoms with E-state index in [9.17, 15) is 0 Å². The van der Waals surface area contributed by atoms with Gasteiger partial charge in [-0.1, -0.05) is 63.8 Å². The highest BCUT2D eigenvalue weighted by Crippen LogP contribution is 2.44. The lowest BCUT2D eigenvalue weighted by molar-refractivity contribution is 0.340. The zero-order valence-corrected chi connectivity index (χ0v) is 12.4. The van der Waals surface area contributed by atoms with E-state index < -0.39 is 0 Å². The van der Waals surface area contributed by atoms with E-state index in [1.807, 2.05) is 0 Å². The summed E-state index contributed by atoms with van der Waals surface area (Å²) in [6.07, 6.45) is 7.85. The van der Waals surface area contributed by atoms with Crippen molar-refractivity contribution in [2.24, 2.45) is 11.8 Å². The van der Waals surface area contributed by atoms with Gasteiger partial charge in [0.25, 0.3) is 0 Å². The third-order valence-corrected chi connectivity index (χ3v) is 5.02. The largest absolute Gasteiger partial charge is 0.117 e. The van der Waals surface area contributed by atoms with Crippen LogP contribution in [0.15, 0.2) is 24.3 Å². The molecule has 0 nitrogen and oxygen atoms in total. The van der Waals surface area contributed by atoms with Gasteiger partial charge in [-0.2, -0.15) is 0 Å². The van der Waals surface area contributed by atoms with Crippen molar-refractivity contribution in [3.63, 3.8) is 0 Å². The van der Waals surface area contributed by atoms with Crippen LogP contribution in [0.5, 0.6) is 0 Å². The molecule has 3 unspecified atom stereocenters. The molecule has 0 fully saturated rings. The Morgan fingerprint density at radius 1 is 1.28 bits per heavy atom. The van der Waals surface area contributed by atoms with Gasteiger partial charge in [-0.05, 0) is 35.8 Å². The Morgan fingerprint density at radius 3 is 2.72 bits per heavy atom. The third kappa shape index (κ3) is 3.09. The monoisotopic (exact) mass is 264 g/mol. The molecule has 0 bridgehead atoms. The molecule has 100 valence electrons. The van der Waals surface area contributed by atoms with Gasteiger partial charge in [-0.25, -0.2) is 0 Å². The number of unbranched alkanes of at least 4 members (excludes halogenated alkanes) is 1. The number of hydrogen-bond donors (Lipinski definition) is 0. The van der Waals surface area contributed by atoms with Crippen molar-refractivity contribution < 1.29 is 0 Å². The number of benzene rings is 1. The Bertz CT molecular complexity index is 372. The van der Waals surface area contributed by atoms with Gasteiger partial charge in [-0.15, -0.1) is 11.6 Å². The maximum Gasteiger partial charge on any atom is 0.0619 e. The second-order valence-corrected chi connectivity index (χ2v) is 6.19. The summed E-state index contributed by atoms with van der Waals surface area (Å²) >= 11 is 6.64. The lowest BCUT2D eigenvalue weighted by atomic mass is 9.87. The van der Waals surface area contributed by atoms with E-state index >= 15 is 0 Å². The average molecular weight is 265 g/mol. The van der Waals surface area contributed by atoms with Crippen molar-refractivity contribution >= 4 is 11.6 Å². The molecule has 0 amide bonds. The topological polar surface area (TPSA) is 0 Å². The Labute approximate surface area is 117 Å². The highest BCUT2D eigenvalue weighted by Gasteiger charge is 2.31. The Balaban J connectivity index is 1.96. The molecule has 0 saturated carbocycles. The predicted octanol–water partition coefficient (Wildman–Crippen LogP) is 5.75. The molecule has 0 heterocycles. The quantitative estimate of drug-likeness (QED) is 0.574. The Morgan fingerprint density at radius 2 is 2.06 bits per heavy atom. The van der Waals surface area contributed by atoms with E-state index in [1.165, 1.54) is 49.7 Å². The zero-order chi connectivity index (χ0) is 13.0. The smallest absolute Gasteiger partial charge is 0.0619 e. The van der Waals surface area contributed by atoms with Gasteiger partial charge in [0, 0.05) is 0 Å². The minimum Gasteiger partial charge on any atom is -0.117 e. The summed E-state index contributed by atoms with van der Waals surface area (Å²) in [6.45, 7) is 4.61. The summed E-state index contributed by atoms with van der Waals surface area (Å²) < 4.78 is 0. The highest BCUT2D eigenvalue weighted by molar-refractivity contribution is 6.21. The summed E-state index contributed by atoms with van der Waals surface area (Å²) in [5.41, 5.74) is 2.86. The van der Waals surface area contributed by atoms with Gasteiger partial charge in [0.05, 0.1) is 5.38 Å². The van der Waals surface area contributed by atoms with Crippen molar-refractivity contribution in [1.29, 1.82) is 0 Å². The molecule has 1 aromatic rings. The van der Waals surface area contributed by atoms with Crippen LogP contribution >= 0.6 is 11.6 Å². The average Bonchev–Trinajstić information content (AvgIpc) is 2.72. The van der Waals surface area contributed by atoms with Crippen molar-refractivity contribution in [2.45, 2.75) is 57.7 Å². The summed E-state index contributed by atoms with van der Waals surface area (Å²) in [6, 6.07) is 8.71. The first-order valence-electron chi connectivity index (χ1n) is 7.48. The number of halogens is 1. The predicted molar refractivity (Wildman–Crippen MR) is 80.2 cm³/mol. The summed E-state index contributed by atoms with van der Waals surface area (Å²) in [7, 11) is 0. The third-order valence-electron chi connectivity index (χ3n) is 4.43. The van der Waals surface area contributed by atoms with Crippen LogP contribution in [0.2, 0.25) is 0 Å². The summed E-state index contributed by atoms with van der Waals surface area (Å²) in [5, 5.41) is 0.247. The molecule has 2 rings (SSSR count). The number of rotatable bonds is 6. The number of hydrogen-bond acceptors (Lipinski definition) is 0. The Hall–Kier alpha value is -0.490. The molecule has 0 aromatic heterocycles. The fourth-order valence-electron chi connectivity index (χ4n) is 3.24. The molecule has 0 spiro atoms. The normalized spacial score (nSPS) is 23.9. The number of alkyl halides is 1. The molecule has 0 saturated heterocycles. The van der Waals surface area contributed by atoms with Crippen LogP contribution in [0.4, 0.5) is 0 Å². The highest BCUT2D eigenvalue weighted by atomic mass is 35.5. The molecular weight excluding hydrogens is 240 g/mol. The van der Waals surface area contributed by atoms with Gasteiger partial charge in [0.2, 0.25) is 0 Å². The molecule has 18 heavy (non-hydrogen) atoms. The van der Waals surface area contributed by atoms with Crippen LogP contribution in [0, 0.1) is 11.8 Å².